The maximum Gasteiger partial charge on any atom is 0.389 e. The van der Waals surface area contributed by atoms with Crippen LogP contribution in [0.2, 0.25) is 0 Å². The zero-order valence-electron chi connectivity index (χ0n) is 12.1. The average molecular weight is 281 g/mol. The van der Waals surface area contributed by atoms with Crippen molar-refractivity contribution >= 4 is 0 Å². The van der Waals surface area contributed by atoms with E-state index in [0.717, 1.165) is 25.7 Å². The van der Waals surface area contributed by atoms with Gasteiger partial charge in [-0.2, -0.15) is 13.2 Å². The molecule has 1 rings (SSSR count). The van der Waals surface area contributed by atoms with E-state index < -0.39 is 18.2 Å². The summed E-state index contributed by atoms with van der Waals surface area (Å²) in [6.45, 7) is 4.66. The third-order valence-electron chi connectivity index (χ3n) is 4.25. The molecule has 1 aliphatic carbocycles. The van der Waals surface area contributed by atoms with Crippen LogP contribution in [0.15, 0.2) is 0 Å². The van der Waals surface area contributed by atoms with Gasteiger partial charge in [-0.05, 0) is 52.0 Å². The lowest BCUT2D eigenvalue weighted by atomic mass is 9.74. The molecule has 0 amide bonds. The Hall–Kier alpha value is -0.290. The van der Waals surface area contributed by atoms with Crippen LogP contribution in [0.3, 0.4) is 0 Å². The minimum atomic E-state index is -4.09. The van der Waals surface area contributed by atoms with E-state index in [4.69, 9.17) is 4.74 Å². The van der Waals surface area contributed by atoms with Gasteiger partial charge in [-0.25, -0.2) is 0 Å². The number of hydrogen-bond donors (Lipinski definition) is 1. The van der Waals surface area contributed by atoms with E-state index in [2.05, 4.69) is 12.2 Å². The fourth-order valence-corrected chi connectivity index (χ4v) is 3.11. The van der Waals surface area contributed by atoms with Crippen LogP contribution in [-0.2, 0) is 4.74 Å². The van der Waals surface area contributed by atoms with E-state index in [1.165, 1.54) is 0 Å². The molecular formula is C14H26F3NO. The number of rotatable bonds is 6. The Morgan fingerprint density at radius 2 is 1.89 bits per heavy atom. The van der Waals surface area contributed by atoms with Crippen molar-refractivity contribution in [2.24, 2.45) is 5.92 Å². The molecule has 0 saturated heterocycles. The second kappa shape index (κ2) is 6.93. The molecule has 0 aromatic heterocycles. The Labute approximate surface area is 114 Å². The van der Waals surface area contributed by atoms with Gasteiger partial charge in [0, 0.05) is 19.1 Å². The predicted octanol–water partition coefficient (Wildman–Crippen LogP) is 3.90. The van der Waals surface area contributed by atoms with Gasteiger partial charge in [0.25, 0.3) is 0 Å². The fraction of sp³-hybridized carbons (Fsp3) is 1.00. The van der Waals surface area contributed by atoms with E-state index in [1.807, 2.05) is 6.92 Å². The highest BCUT2D eigenvalue weighted by atomic mass is 19.4. The number of halogens is 3. The monoisotopic (exact) mass is 281 g/mol. The number of ether oxygens (including phenoxy) is 1. The van der Waals surface area contributed by atoms with Crippen molar-refractivity contribution in [1.82, 2.24) is 5.32 Å². The van der Waals surface area contributed by atoms with Crippen molar-refractivity contribution in [1.29, 1.82) is 0 Å². The first-order valence-corrected chi connectivity index (χ1v) is 7.21. The second-order valence-electron chi connectivity index (χ2n) is 5.68. The summed E-state index contributed by atoms with van der Waals surface area (Å²) in [6, 6.07) is -0.221. The molecule has 0 aromatic carbocycles. The molecule has 114 valence electrons. The topological polar surface area (TPSA) is 21.3 Å². The van der Waals surface area contributed by atoms with E-state index >= 15 is 0 Å². The Morgan fingerprint density at radius 3 is 2.32 bits per heavy atom. The lowest BCUT2D eigenvalue weighted by molar-refractivity contribution is -0.146. The lowest BCUT2D eigenvalue weighted by Gasteiger charge is -2.45. The van der Waals surface area contributed by atoms with Crippen molar-refractivity contribution in [3.05, 3.63) is 0 Å². The predicted molar refractivity (Wildman–Crippen MR) is 70.1 cm³/mol. The molecule has 1 atom stereocenters. The van der Waals surface area contributed by atoms with E-state index in [1.54, 1.807) is 7.05 Å². The zero-order chi connectivity index (χ0) is 14.5. The molecule has 2 nitrogen and oxygen atoms in total. The van der Waals surface area contributed by atoms with Crippen molar-refractivity contribution < 1.29 is 17.9 Å². The summed E-state index contributed by atoms with van der Waals surface area (Å²) in [4.78, 5) is 0. The molecule has 19 heavy (non-hydrogen) atoms. The SMILES string of the molecule is CCOC1(C(CCC(F)(F)F)NC)CCC(C)CC1. The maximum absolute atomic E-state index is 12.4. The molecule has 1 N–H and O–H groups in total. The quantitative estimate of drug-likeness (QED) is 0.797. The van der Waals surface area contributed by atoms with Gasteiger partial charge in [-0.3, -0.25) is 0 Å². The molecular weight excluding hydrogens is 255 g/mol. The fourth-order valence-electron chi connectivity index (χ4n) is 3.11. The first-order valence-electron chi connectivity index (χ1n) is 7.21. The highest BCUT2D eigenvalue weighted by molar-refractivity contribution is 4.96. The summed E-state index contributed by atoms with van der Waals surface area (Å²) < 4.78 is 43.2. The average Bonchev–Trinajstić information content (AvgIpc) is 2.32. The molecule has 0 bridgehead atoms. The van der Waals surface area contributed by atoms with Crippen LogP contribution in [0.4, 0.5) is 13.2 Å². The summed E-state index contributed by atoms with van der Waals surface area (Å²) in [5.41, 5.74) is -0.415. The van der Waals surface area contributed by atoms with E-state index in [0.29, 0.717) is 12.5 Å². The summed E-state index contributed by atoms with van der Waals surface area (Å²) in [5.74, 6) is 0.647. The third-order valence-corrected chi connectivity index (χ3v) is 4.25. The summed E-state index contributed by atoms with van der Waals surface area (Å²) >= 11 is 0. The molecule has 1 fully saturated rings. The summed E-state index contributed by atoms with van der Waals surface area (Å²) in [7, 11) is 1.74. The van der Waals surface area contributed by atoms with Crippen molar-refractivity contribution in [2.45, 2.75) is 70.2 Å². The minimum absolute atomic E-state index is 0.0916. The van der Waals surface area contributed by atoms with Gasteiger partial charge < -0.3 is 10.1 Å². The Bertz CT molecular complexity index is 260. The first-order chi connectivity index (χ1) is 8.83. The Kier molecular flexibility index (Phi) is 6.12. The van der Waals surface area contributed by atoms with Crippen LogP contribution in [0.1, 0.15) is 52.4 Å². The van der Waals surface area contributed by atoms with Gasteiger partial charge >= 0.3 is 6.18 Å². The molecule has 1 aliphatic rings. The largest absolute Gasteiger partial charge is 0.389 e. The molecule has 5 heteroatoms. The lowest BCUT2D eigenvalue weighted by Crippen LogP contribution is -2.53. The Balaban J connectivity index is 2.71. The molecule has 0 spiro atoms. The minimum Gasteiger partial charge on any atom is -0.374 e. The molecule has 1 saturated carbocycles. The zero-order valence-corrected chi connectivity index (χ0v) is 12.1. The first kappa shape index (κ1) is 16.8. The number of alkyl halides is 3. The molecule has 0 radical (unpaired) electrons. The number of nitrogens with one attached hydrogen (secondary N) is 1. The number of likely N-dealkylation sites (N-methyl/N-ethyl adjacent to an activating group) is 1. The molecule has 0 heterocycles. The van der Waals surface area contributed by atoms with Crippen LogP contribution >= 0.6 is 0 Å². The summed E-state index contributed by atoms with van der Waals surface area (Å²) in [5, 5.41) is 3.06. The standard InChI is InChI=1S/C14H26F3NO/c1-4-19-13(8-5-11(2)6-9-13)12(18-3)7-10-14(15,16)17/h11-12,18H,4-10H2,1-3H3. The van der Waals surface area contributed by atoms with E-state index in [9.17, 15) is 13.2 Å². The van der Waals surface area contributed by atoms with Crippen molar-refractivity contribution in [3.8, 4) is 0 Å². The van der Waals surface area contributed by atoms with Crippen LogP contribution in [0.25, 0.3) is 0 Å². The van der Waals surface area contributed by atoms with Gasteiger partial charge in [0.15, 0.2) is 0 Å². The summed E-state index contributed by atoms with van der Waals surface area (Å²) in [6.07, 6.45) is -0.979. The van der Waals surface area contributed by atoms with Gasteiger partial charge in [-0.15, -0.1) is 0 Å². The highest BCUT2D eigenvalue weighted by Crippen LogP contribution is 2.39. The maximum atomic E-state index is 12.4. The highest BCUT2D eigenvalue weighted by Gasteiger charge is 2.42. The molecule has 0 aromatic rings. The second-order valence-corrected chi connectivity index (χ2v) is 5.68. The van der Waals surface area contributed by atoms with Gasteiger partial charge in [0.2, 0.25) is 0 Å². The van der Waals surface area contributed by atoms with Crippen LogP contribution in [0, 0.1) is 5.92 Å². The van der Waals surface area contributed by atoms with Crippen molar-refractivity contribution in [3.63, 3.8) is 0 Å². The van der Waals surface area contributed by atoms with Gasteiger partial charge in [0.05, 0.1) is 5.60 Å². The normalized spacial score (nSPS) is 30.3. The van der Waals surface area contributed by atoms with Crippen LogP contribution in [0.5, 0.6) is 0 Å². The third kappa shape index (κ3) is 4.95. The number of hydrogen-bond acceptors (Lipinski definition) is 2. The van der Waals surface area contributed by atoms with Crippen LogP contribution < -0.4 is 5.32 Å². The smallest absolute Gasteiger partial charge is 0.374 e. The van der Waals surface area contributed by atoms with Gasteiger partial charge in [0.1, 0.15) is 0 Å². The van der Waals surface area contributed by atoms with Gasteiger partial charge in [-0.1, -0.05) is 6.92 Å². The van der Waals surface area contributed by atoms with Crippen LogP contribution in [-0.4, -0.2) is 31.5 Å². The van der Waals surface area contributed by atoms with Crippen molar-refractivity contribution in [2.75, 3.05) is 13.7 Å². The Morgan fingerprint density at radius 1 is 1.32 bits per heavy atom. The molecule has 0 aliphatic heterocycles. The molecule has 1 unspecified atom stereocenters. The van der Waals surface area contributed by atoms with E-state index in [-0.39, 0.29) is 12.5 Å².